The van der Waals surface area contributed by atoms with Crippen molar-refractivity contribution in [2.24, 2.45) is 0 Å². The van der Waals surface area contributed by atoms with Gasteiger partial charge in [0, 0.05) is 11.6 Å². The molecule has 0 amide bonds. The fourth-order valence-corrected chi connectivity index (χ4v) is 2.97. The highest BCUT2D eigenvalue weighted by atomic mass is 14.6. The van der Waals surface area contributed by atoms with Crippen LogP contribution in [0.1, 0.15) is 69.3 Å². The molecular weight excluding hydrogens is 230 g/mol. The molecule has 104 valence electrons. The minimum Gasteiger partial charge on any atom is -0.398 e. The molecular formula is C18H27N. The van der Waals surface area contributed by atoms with E-state index in [2.05, 4.69) is 24.3 Å². The fraction of sp³-hybridized carbons (Fsp3) is 0.556. The minimum absolute atomic E-state index is 0.514. The van der Waals surface area contributed by atoms with E-state index in [9.17, 15) is 0 Å². The Morgan fingerprint density at radius 3 is 2.32 bits per heavy atom. The molecule has 1 nitrogen and oxygen atoms in total. The van der Waals surface area contributed by atoms with E-state index >= 15 is 0 Å². The predicted molar refractivity (Wildman–Crippen MR) is 84.3 cm³/mol. The second-order valence-electron chi connectivity index (χ2n) is 5.72. The molecule has 1 unspecified atom stereocenters. The van der Waals surface area contributed by atoms with E-state index in [1.165, 1.54) is 63.4 Å². The number of nitrogens with two attached hydrogens (primary N) is 1. The van der Waals surface area contributed by atoms with Gasteiger partial charge in [0.15, 0.2) is 0 Å². The van der Waals surface area contributed by atoms with Crippen molar-refractivity contribution in [1.29, 1.82) is 0 Å². The maximum Gasteiger partial charge on any atom is 0.0352 e. The van der Waals surface area contributed by atoms with Gasteiger partial charge in [0.1, 0.15) is 0 Å². The van der Waals surface area contributed by atoms with Crippen LogP contribution in [-0.2, 0) is 0 Å². The monoisotopic (exact) mass is 257 g/mol. The van der Waals surface area contributed by atoms with Crippen LogP contribution in [-0.4, -0.2) is 0 Å². The van der Waals surface area contributed by atoms with Crippen LogP contribution in [0.5, 0.6) is 0 Å². The number of hydrogen-bond donors (Lipinski definition) is 1. The Balaban J connectivity index is 2.06. The molecule has 1 atom stereocenters. The largest absolute Gasteiger partial charge is 0.398 e. The average molecular weight is 257 g/mol. The fourth-order valence-electron chi connectivity index (χ4n) is 2.97. The molecule has 0 heterocycles. The topological polar surface area (TPSA) is 26.0 Å². The van der Waals surface area contributed by atoms with E-state index in [1.807, 2.05) is 12.1 Å². The van der Waals surface area contributed by atoms with Crippen molar-refractivity contribution in [2.45, 2.75) is 63.7 Å². The van der Waals surface area contributed by atoms with Gasteiger partial charge in [-0.3, -0.25) is 0 Å². The lowest BCUT2D eigenvalue weighted by Crippen LogP contribution is -2.01. The van der Waals surface area contributed by atoms with Crippen molar-refractivity contribution in [3.05, 3.63) is 42.0 Å². The van der Waals surface area contributed by atoms with Crippen molar-refractivity contribution in [2.75, 3.05) is 5.73 Å². The van der Waals surface area contributed by atoms with Gasteiger partial charge < -0.3 is 5.73 Å². The first kappa shape index (κ1) is 14.2. The summed E-state index contributed by atoms with van der Waals surface area (Å²) in [6.07, 6.45) is 16.9. The summed E-state index contributed by atoms with van der Waals surface area (Å²) in [5.74, 6) is 0.514. The molecule has 0 fully saturated rings. The lowest BCUT2D eigenvalue weighted by molar-refractivity contribution is 0.552. The Labute approximate surface area is 117 Å². The number of rotatable bonds is 1. The van der Waals surface area contributed by atoms with Gasteiger partial charge in [-0.25, -0.2) is 0 Å². The van der Waals surface area contributed by atoms with Crippen molar-refractivity contribution in [3.63, 3.8) is 0 Å². The highest BCUT2D eigenvalue weighted by Gasteiger charge is 2.10. The Morgan fingerprint density at radius 2 is 1.53 bits per heavy atom. The lowest BCUT2D eigenvalue weighted by Gasteiger charge is -2.16. The number of anilines is 1. The quantitative estimate of drug-likeness (QED) is 0.526. The van der Waals surface area contributed by atoms with Crippen LogP contribution in [0.3, 0.4) is 0 Å². The van der Waals surface area contributed by atoms with Crippen molar-refractivity contribution in [3.8, 4) is 0 Å². The SMILES string of the molecule is Nc1ccccc1C1/C=C\CCCCCCCCC1. The lowest BCUT2D eigenvalue weighted by atomic mass is 9.90. The first-order valence-corrected chi connectivity index (χ1v) is 7.89. The third-order valence-electron chi connectivity index (χ3n) is 4.15. The molecule has 1 aliphatic carbocycles. The predicted octanol–water partition coefficient (Wildman–Crippen LogP) is 5.43. The van der Waals surface area contributed by atoms with E-state index in [0.717, 1.165) is 5.69 Å². The average Bonchev–Trinajstić information content (AvgIpc) is 2.40. The molecule has 1 aromatic carbocycles. The number of benzene rings is 1. The van der Waals surface area contributed by atoms with Crippen LogP contribution in [0.15, 0.2) is 36.4 Å². The summed E-state index contributed by atoms with van der Waals surface area (Å²) in [5.41, 5.74) is 8.40. The van der Waals surface area contributed by atoms with E-state index in [1.54, 1.807) is 0 Å². The summed E-state index contributed by atoms with van der Waals surface area (Å²) in [7, 11) is 0. The van der Waals surface area contributed by atoms with Gasteiger partial charge in [-0.15, -0.1) is 0 Å². The van der Waals surface area contributed by atoms with Crippen LogP contribution in [0, 0.1) is 0 Å². The molecule has 0 saturated carbocycles. The zero-order valence-electron chi connectivity index (χ0n) is 12.0. The van der Waals surface area contributed by atoms with Crippen LogP contribution in [0.4, 0.5) is 5.69 Å². The number of allylic oxidation sites excluding steroid dienone is 2. The van der Waals surface area contributed by atoms with Crippen molar-refractivity contribution >= 4 is 5.69 Å². The second-order valence-corrected chi connectivity index (χ2v) is 5.72. The number of hydrogen-bond acceptors (Lipinski definition) is 1. The Morgan fingerprint density at radius 1 is 0.842 bits per heavy atom. The first-order chi connectivity index (χ1) is 9.38. The van der Waals surface area contributed by atoms with Crippen LogP contribution in [0.25, 0.3) is 0 Å². The summed E-state index contributed by atoms with van der Waals surface area (Å²) in [4.78, 5) is 0. The zero-order chi connectivity index (χ0) is 13.3. The normalized spacial score (nSPS) is 24.1. The van der Waals surface area contributed by atoms with E-state index < -0.39 is 0 Å². The Kier molecular flexibility index (Phi) is 6.00. The summed E-state index contributed by atoms with van der Waals surface area (Å²) >= 11 is 0. The summed E-state index contributed by atoms with van der Waals surface area (Å²) < 4.78 is 0. The highest BCUT2D eigenvalue weighted by Crippen LogP contribution is 2.29. The second kappa shape index (κ2) is 8.04. The van der Waals surface area contributed by atoms with Crippen LogP contribution < -0.4 is 5.73 Å². The third-order valence-corrected chi connectivity index (χ3v) is 4.15. The van der Waals surface area contributed by atoms with Crippen molar-refractivity contribution < 1.29 is 0 Å². The van der Waals surface area contributed by atoms with Gasteiger partial charge in [0.05, 0.1) is 0 Å². The van der Waals surface area contributed by atoms with Crippen LogP contribution in [0.2, 0.25) is 0 Å². The maximum atomic E-state index is 6.13. The molecule has 1 aliphatic rings. The molecule has 19 heavy (non-hydrogen) atoms. The Hall–Kier alpha value is -1.24. The maximum absolute atomic E-state index is 6.13. The Bertz CT molecular complexity index is 394. The van der Waals surface area contributed by atoms with Gasteiger partial charge in [0.2, 0.25) is 0 Å². The summed E-state index contributed by atoms with van der Waals surface area (Å²) in [6.45, 7) is 0. The first-order valence-electron chi connectivity index (χ1n) is 7.89. The summed E-state index contributed by atoms with van der Waals surface area (Å²) in [6, 6.07) is 8.35. The van der Waals surface area contributed by atoms with E-state index in [0.29, 0.717) is 5.92 Å². The highest BCUT2D eigenvalue weighted by molar-refractivity contribution is 5.49. The minimum atomic E-state index is 0.514. The molecule has 2 rings (SSSR count). The van der Waals surface area contributed by atoms with Crippen LogP contribution >= 0.6 is 0 Å². The smallest absolute Gasteiger partial charge is 0.0352 e. The molecule has 0 spiro atoms. The van der Waals surface area contributed by atoms with E-state index in [4.69, 9.17) is 5.73 Å². The zero-order valence-corrected chi connectivity index (χ0v) is 12.0. The van der Waals surface area contributed by atoms with Gasteiger partial charge in [-0.1, -0.05) is 68.9 Å². The molecule has 0 aromatic heterocycles. The summed E-state index contributed by atoms with van der Waals surface area (Å²) in [5, 5.41) is 0. The van der Waals surface area contributed by atoms with Gasteiger partial charge in [-0.2, -0.15) is 0 Å². The molecule has 0 radical (unpaired) electrons. The molecule has 2 N–H and O–H groups in total. The molecule has 1 aromatic rings. The van der Waals surface area contributed by atoms with Crippen molar-refractivity contribution in [1.82, 2.24) is 0 Å². The molecule has 0 bridgehead atoms. The molecule has 1 heteroatoms. The third kappa shape index (κ3) is 4.74. The van der Waals surface area contributed by atoms with Gasteiger partial charge >= 0.3 is 0 Å². The van der Waals surface area contributed by atoms with Gasteiger partial charge in [0.25, 0.3) is 0 Å². The number of nitrogen functional groups attached to an aromatic ring is 1. The molecule has 0 aliphatic heterocycles. The number of para-hydroxylation sites is 1. The molecule has 0 saturated heterocycles. The van der Waals surface area contributed by atoms with E-state index in [-0.39, 0.29) is 0 Å². The standard InChI is InChI=1S/C18H27N/c19-18-15-11-10-14-17(18)16-12-8-6-4-2-1-3-5-7-9-13-16/h8,10-12,14-16H,1-7,9,13,19H2/b12-8-. The van der Waals surface area contributed by atoms with Gasteiger partial charge in [-0.05, 0) is 30.9 Å².